The van der Waals surface area contributed by atoms with Crippen LogP contribution in [0.4, 0.5) is 5.69 Å². The van der Waals surface area contributed by atoms with Crippen LogP contribution in [0.5, 0.6) is 5.75 Å². The van der Waals surface area contributed by atoms with Crippen LogP contribution in [-0.4, -0.2) is 38.0 Å². The maximum atomic E-state index is 12.7. The molecule has 1 aliphatic heterocycles. The molecule has 30 heavy (non-hydrogen) atoms. The predicted octanol–water partition coefficient (Wildman–Crippen LogP) is 3.27. The molecule has 158 valence electrons. The molecule has 1 N–H and O–H groups in total. The second-order valence-electron chi connectivity index (χ2n) is 6.78. The number of nitrogens with zero attached hydrogens (tertiary/aromatic N) is 1. The van der Waals surface area contributed by atoms with E-state index in [-0.39, 0.29) is 31.1 Å². The van der Waals surface area contributed by atoms with Gasteiger partial charge < -0.3 is 19.7 Å². The first-order valence-corrected chi connectivity index (χ1v) is 10.00. The number of carbonyl (C=O) groups is 3. The van der Waals surface area contributed by atoms with Crippen LogP contribution in [0.15, 0.2) is 48.5 Å². The monoisotopic (exact) mass is 430 g/mol. The molecular weight excluding hydrogens is 408 g/mol. The third-order valence-electron chi connectivity index (χ3n) is 4.81. The smallest absolute Gasteiger partial charge is 0.307 e. The summed E-state index contributed by atoms with van der Waals surface area (Å²) in [6.45, 7) is 0.838. The van der Waals surface area contributed by atoms with E-state index in [1.54, 1.807) is 29.2 Å². The van der Waals surface area contributed by atoms with Crippen LogP contribution in [-0.2, 0) is 19.1 Å². The molecule has 8 heteroatoms. The number of amides is 2. The number of hydrogen-bond acceptors (Lipinski definition) is 5. The summed E-state index contributed by atoms with van der Waals surface area (Å²) in [4.78, 5) is 38.7. The van der Waals surface area contributed by atoms with E-state index < -0.39 is 12.0 Å². The zero-order chi connectivity index (χ0) is 21.5. The van der Waals surface area contributed by atoms with Gasteiger partial charge in [-0.3, -0.25) is 14.4 Å². The molecule has 7 nitrogen and oxygen atoms in total. The molecule has 0 aromatic heterocycles. The minimum Gasteiger partial charge on any atom is -0.490 e. The maximum Gasteiger partial charge on any atom is 0.307 e. The SMILES string of the molecule is COC(=O)CC(NC(=O)CCC(=O)N1CCOc2ccccc21)c1ccccc1Cl. The van der Waals surface area contributed by atoms with E-state index in [2.05, 4.69) is 5.32 Å². The van der Waals surface area contributed by atoms with Crippen molar-refractivity contribution in [1.82, 2.24) is 5.32 Å². The molecule has 2 aromatic carbocycles. The summed E-state index contributed by atoms with van der Waals surface area (Å²) in [6, 6.07) is 13.6. The molecular formula is C22H23ClN2O5. The highest BCUT2D eigenvalue weighted by Gasteiger charge is 2.25. The summed E-state index contributed by atoms with van der Waals surface area (Å²) < 4.78 is 10.3. The van der Waals surface area contributed by atoms with Crippen molar-refractivity contribution >= 4 is 35.1 Å². The molecule has 0 fully saturated rings. The van der Waals surface area contributed by atoms with Gasteiger partial charge in [-0.1, -0.05) is 41.9 Å². The van der Waals surface area contributed by atoms with Gasteiger partial charge in [0.05, 0.1) is 31.8 Å². The Morgan fingerprint density at radius 1 is 1.13 bits per heavy atom. The van der Waals surface area contributed by atoms with Gasteiger partial charge in [-0.25, -0.2) is 0 Å². The Labute approximate surface area is 179 Å². The lowest BCUT2D eigenvalue weighted by atomic mass is 10.0. The average Bonchev–Trinajstić information content (AvgIpc) is 2.76. The number of fused-ring (bicyclic) bond motifs is 1. The zero-order valence-corrected chi connectivity index (χ0v) is 17.4. The largest absolute Gasteiger partial charge is 0.490 e. The Kier molecular flexibility index (Phi) is 7.30. The molecule has 2 aromatic rings. The first-order chi connectivity index (χ1) is 14.5. The summed E-state index contributed by atoms with van der Waals surface area (Å²) in [5.41, 5.74) is 1.32. The van der Waals surface area contributed by atoms with Crippen molar-refractivity contribution < 1.29 is 23.9 Å². The fourth-order valence-corrected chi connectivity index (χ4v) is 3.56. The summed E-state index contributed by atoms with van der Waals surface area (Å²) >= 11 is 6.23. The highest BCUT2D eigenvalue weighted by Crippen LogP contribution is 2.31. The molecule has 0 bridgehead atoms. The number of benzene rings is 2. The summed E-state index contributed by atoms with van der Waals surface area (Å²) in [7, 11) is 1.28. The van der Waals surface area contributed by atoms with Crippen LogP contribution in [0.1, 0.15) is 30.9 Å². The van der Waals surface area contributed by atoms with Crippen molar-refractivity contribution in [1.29, 1.82) is 0 Å². The fraction of sp³-hybridized carbons (Fsp3) is 0.318. The van der Waals surface area contributed by atoms with Gasteiger partial charge in [0, 0.05) is 17.9 Å². The third kappa shape index (κ3) is 5.30. The van der Waals surface area contributed by atoms with Crippen LogP contribution in [0, 0.1) is 0 Å². The molecule has 0 saturated heterocycles. The quantitative estimate of drug-likeness (QED) is 0.681. The number of methoxy groups -OCH3 is 1. The molecule has 1 aliphatic rings. The number of halogens is 1. The molecule has 1 heterocycles. The molecule has 0 aliphatic carbocycles. The second-order valence-corrected chi connectivity index (χ2v) is 7.19. The van der Waals surface area contributed by atoms with Crippen molar-refractivity contribution in [2.24, 2.45) is 0 Å². The van der Waals surface area contributed by atoms with Gasteiger partial charge in [0.1, 0.15) is 12.4 Å². The minimum absolute atomic E-state index is 0.0134. The standard InChI is InChI=1S/C22H23ClN2O5/c1-29-22(28)14-17(15-6-2-3-7-16(15)23)24-20(26)10-11-21(27)25-12-13-30-19-9-5-4-8-18(19)25/h2-9,17H,10-14H2,1H3,(H,24,26). The Morgan fingerprint density at radius 3 is 2.63 bits per heavy atom. The highest BCUT2D eigenvalue weighted by molar-refractivity contribution is 6.31. The maximum absolute atomic E-state index is 12.7. The van der Waals surface area contributed by atoms with Gasteiger partial charge in [-0.15, -0.1) is 0 Å². The van der Waals surface area contributed by atoms with Gasteiger partial charge >= 0.3 is 5.97 Å². The molecule has 2 amide bonds. The lowest BCUT2D eigenvalue weighted by Crippen LogP contribution is -2.38. The lowest BCUT2D eigenvalue weighted by molar-refractivity contribution is -0.141. The van der Waals surface area contributed by atoms with Crippen molar-refractivity contribution in [2.45, 2.75) is 25.3 Å². The van der Waals surface area contributed by atoms with E-state index in [1.807, 2.05) is 24.3 Å². The Bertz CT molecular complexity index is 933. The number of carbonyl (C=O) groups excluding carboxylic acids is 3. The van der Waals surface area contributed by atoms with Crippen molar-refractivity contribution in [3.63, 3.8) is 0 Å². The van der Waals surface area contributed by atoms with E-state index >= 15 is 0 Å². The summed E-state index contributed by atoms with van der Waals surface area (Å²) in [5.74, 6) is -0.332. The van der Waals surface area contributed by atoms with Gasteiger partial charge in [0.2, 0.25) is 11.8 Å². The number of hydrogen-bond donors (Lipinski definition) is 1. The van der Waals surface area contributed by atoms with Crippen molar-refractivity contribution in [3.05, 3.63) is 59.1 Å². The lowest BCUT2D eigenvalue weighted by Gasteiger charge is -2.29. The fourth-order valence-electron chi connectivity index (χ4n) is 3.30. The van der Waals surface area contributed by atoms with E-state index in [1.165, 1.54) is 7.11 Å². The number of rotatable bonds is 7. The topological polar surface area (TPSA) is 84.9 Å². The van der Waals surface area contributed by atoms with Crippen LogP contribution in [0.2, 0.25) is 5.02 Å². The first-order valence-electron chi connectivity index (χ1n) is 9.62. The molecule has 0 spiro atoms. The van der Waals surface area contributed by atoms with Gasteiger partial charge in [-0.05, 0) is 23.8 Å². The molecule has 3 rings (SSSR count). The summed E-state index contributed by atoms with van der Waals surface area (Å²) in [6.07, 6.45) is -0.0368. The number of nitrogens with one attached hydrogen (secondary N) is 1. The molecule has 0 radical (unpaired) electrons. The number of esters is 1. The van der Waals surface area contributed by atoms with Crippen molar-refractivity contribution in [2.75, 3.05) is 25.2 Å². The van der Waals surface area contributed by atoms with E-state index in [0.29, 0.717) is 35.2 Å². The average molecular weight is 431 g/mol. The van der Waals surface area contributed by atoms with Crippen LogP contribution < -0.4 is 15.0 Å². The third-order valence-corrected chi connectivity index (χ3v) is 5.15. The Morgan fingerprint density at radius 2 is 1.87 bits per heavy atom. The normalized spacial score (nSPS) is 13.6. The minimum atomic E-state index is -0.641. The number of para-hydroxylation sites is 2. The van der Waals surface area contributed by atoms with Crippen molar-refractivity contribution in [3.8, 4) is 5.75 Å². The van der Waals surface area contributed by atoms with Gasteiger partial charge in [-0.2, -0.15) is 0 Å². The van der Waals surface area contributed by atoms with Gasteiger partial charge in [0.15, 0.2) is 0 Å². The molecule has 1 unspecified atom stereocenters. The van der Waals surface area contributed by atoms with Crippen LogP contribution >= 0.6 is 11.6 Å². The highest BCUT2D eigenvalue weighted by atomic mass is 35.5. The molecule has 1 atom stereocenters. The Hall–Kier alpha value is -3.06. The zero-order valence-electron chi connectivity index (χ0n) is 16.6. The number of anilines is 1. The number of ether oxygens (including phenoxy) is 2. The molecule has 0 saturated carbocycles. The first kappa shape index (κ1) is 21.6. The van der Waals surface area contributed by atoms with E-state index in [0.717, 1.165) is 0 Å². The van der Waals surface area contributed by atoms with Gasteiger partial charge in [0.25, 0.3) is 0 Å². The Balaban J connectivity index is 1.63. The van der Waals surface area contributed by atoms with E-state index in [9.17, 15) is 14.4 Å². The summed E-state index contributed by atoms with van der Waals surface area (Å²) in [5, 5.41) is 3.23. The van der Waals surface area contributed by atoms with Crippen LogP contribution in [0.3, 0.4) is 0 Å². The second kappa shape index (κ2) is 10.1. The van der Waals surface area contributed by atoms with Crippen LogP contribution in [0.25, 0.3) is 0 Å². The van der Waals surface area contributed by atoms with E-state index in [4.69, 9.17) is 21.1 Å². The predicted molar refractivity (Wildman–Crippen MR) is 112 cm³/mol.